The molecule has 1 atom stereocenters. The molecule has 0 bridgehead atoms. The van der Waals surface area contributed by atoms with Gasteiger partial charge in [0.2, 0.25) is 0 Å². The van der Waals surface area contributed by atoms with Crippen LogP contribution in [0.2, 0.25) is 0 Å². The summed E-state index contributed by atoms with van der Waals surface area (Å²) in [4.78, 5) is 20.3. The minimum absolute atomic E-state index is 0.454. The molecule has 0 N–H and O–H groups in total. The number of nitrogens with zero attached hydrogens (tertiary/aromatic N) is 3. The van der Waals surface area contributed by atoms with Crippen molar-refractivity contribution in [3.63, 3.8) is 0 Å². The molecular weight excluding hydrogens is 242 g/mol. The molecule has 1 aromatic rings. The van der Waals surface area contributed by atoms with Crippen LogP contribution >= 0.6 is 0 Å². The van der Waals surface area contributed by atoms with E-state index in [0.29, 0.717) is 12.1 Å². The van der Waals surface area contributed by atoms with Crippen LogP contribution in [0.5, 0.6) is 0 Å². The van der Waals surface area contributed by atoms with E-state index in [1.54, 1.807) is 18.3 Å². The minimum atomic E-state index is -1.11. The summed E-state index contributed by atoms with van der Waals surface area (Å²) in [5.41, 5.74) is -0.537. The second-order valence-electron chi connectivity index (χ2n) is 5.01. The van der Waals surface area contributed by atoms with Gasteiger partial charge in [-0.25, -0.2) is 0 Å². The molecule has 1 aliphatic heterocycles. The highest BCUT2D eigenvalue weighted by Gasteiger charge is 2.40. The average molecular weight is 262 g/mol. The Kier molecular flexibility index (Phi) is 4.17. The topological polar surface area (TPSA) is 59.5 Å². The van der Waals surface area contributed by atoms with Crippen molar-refractivity contribution in [3.8, 4) is 0 Å². The Balaban J connectivity index is 2.37. The first-order chi connectivity index (χ1) is 9.11. The predicted molar refractivity (Wildman–Crippen MR) is 70.3 cm³/mol. The lowest BCUT2D eigenvalue weighted by molar-refractivity contribution is -0.321. The van der Waals surface area contributed by atoms with Gasteiger partial charge in [-0.15, -0.1) is 0 Å². The molecule has 2 rings (SSSR count). The Morgan fingerprint density at radius 3 is 2.53 bits per heavy atom. The molecule has 0 radical (unpaired) electrons. The molecule has 0 aromatic carbocycles. The maximum absolute atomic E-state index is 11.8. The predicted octanol–water partition coefficient (Wildman–Crippen LogP) is -0.316. The van der Waals surface area contributed by atoms with Crippen LogP contribution in [-0.2, 0) is 10.3 Å². The van der Waals surface area contributed by atoms with E-state index in [4.69, 9.17) is 0 Å². The number of hydrogen-bond acceptors (Lipinski definition) is 5. The van der Waals surface area contributed by atoms with Crippen molar-refractivity contribution < 1.29 is 9.90 Å². The van der Waals surface area contributed by atoms with Crippen molar-refractivity contribution in [1.82, 2.24) is 14.8 Å². The van der Waals surface area contributed by atoms with Crippen LogP contribution < -0.4 is 5.11 Å². The quantitative estimate of drug-likeness (QED) is 0.744. The third-order valence-corrected chi connectivity index (χ3v) is 3.98. The van der Waals surface area contributed by atoms with Crippen molar-refractivity contribution in [1.29, 1.82) is 0 Å². The molecule has 0 aliphatic carbocycles. The van der Waals surface area contributed by atoms with Gasteiger partial charge in [0.25, 0.3) is 0 Å². The molecule has 2 heterocycles. The van der Waals surface area contributed by atoms with Crippen LogP contribution in [0.3, 0.4) is 0 Å². The number of pyridine rings is 1. The van der Waals surface area contributed by atoms with Gasteiger partial charge in [-0.2, -0.15) is 0 Å². The summed E-state index contributed by atoms with van der Waals surface area (Å²) in [5, 5.41) is 11.8. The van der Waals surface area contributed by atoms with Crippen molar-refractivity contribution in [3.05, 3.63) is 30.1 Å². The van der Waals surface area contributed by atoms with Crippen molar-refractivity contribution in [2.75, 3.05) is 33.2 Å². The third-order valence-electron chi connectivity index (χ3n) is 3.98. The van der Waals surface area contributed by atoms with Crippen LogP contribution in [-0.4, -0.2) is 54.0 Å². The number of carboxylic acid groups (broad SMARTS) is 1. The van der Waals surface area contributed by atoms with Gasteiger partial charge in [0.15, 0.2) is 0 Å². The molecule has 1 aliphatic rings. The molecule has 1 saturated heterocycles. The Labute approximate surface area is 113 Å². The van der Waals surface area contributed by atoms with Crippen molar-refractivity contribution in [2.24, 2.45) is 0 Å². The van der Waals surface area contributed by atoms with Crippen LogP contribution in [0.15, 0.2) is 24.4 Å². The molecule has 0 saturated carbocycles. The van der Waals surface area contributed by atoms with Crippen molar-refractivity contribution in [2.45, 2.75) is 18.9 Å². The van der Waals surface area contributed by atoms with Gasteiger partial charge in [-0.1, -0.05) is 13.0 Å². The molecule has 5 nitrogen and oxygen atoms in total. The van der Waals surface area contributed by atoms with Crippen LogP contribution in [0.4, 0.5) is 0 Å². The van der Waals surface area contributed by atoms with Gasteiger partial charge in [0.1, 0.15) is 5.54 Å². The van der Waals surface area contributed by atoms with Gasteiger partial charge in [0.05, 0.1) is 11.7 Å². The van der Waals surface area contributed by atoms with Crippen LogP contribution in [0.25, 0.3) is 0 Å². The van der Waals surface area contributed by atoms with Gasteiger partial charge >= 0.3 is 0 Å². The van der Waals surface area contributed by atoms with Gasteiger partial charge in [0, 0.05) is 32.4 Å². The first-order valence-corrected chi connectivity index (χ1v) is 6.68. The van der Waals surface area contributed by atoms with Crippen molar-refractivity contribution >= 4 is 5.97 Å². The van der Waals surface area contributed by atoms with E-state index in [1.807, 2.05) is 24.9 Å². The van der Waals surface area contributed by atoms with E-state index in [2.05, 4.69) is 9.88 Å². The highest BCUT2D eigenvalue weighted by Crippen LogP contribution is 2.31. The van der Waals surface area contributed by atoms with Gasteiger partial charge in [-0.3, -0.25) is 9.88 Å². The smallest absolute Gasteiger partial charge is 0.103 e. The third kappa shape index (κ3) is 2.48. The zero-order valence-corrected chi connectivity index (χ0v) is 11.5. The van der Waals surface area contributed by atoms with Gasteiger partial charge < -0.3 is 14.8 Å². The Bertz CT molecular complexity index is 430. The molecule has 19 heavy (non-hydrogen) atoms. The SMILES string of the molecule is CCC(C(=O)[O-])(c1ccccn1)N1CCN(C)CC1. The lowest BCUT2D eigenvalue weighted by Gasteiger charge is -2.47. The standard InChI is InChI=1S/C14H21N3O2/c1-3-14(13(18)19,12-6-4-5-7-15-12)17-10-8-16(2)9-11-17/h4-7H,3,8-11H2,1-2H3,(H,18,19)/p-1. The Hall–Kier alpha value is -1.46. The lowest BCUT2D eigenvalue weighted by atomic mass is 9.88. The minimum Gasteiger partial charge on any atom is -0.548 e. The first kappa shape index (κ1) is 14.0. The normalized spacial score (nSPS) is 20.9. The number of hydrogen-bond donors (Lipinski definition) is 0. The van der Waals surface area contributed by atoms with E-state index in [9.17, 15) is 9.90 Å². The van der Waals surface area contributed by atoms with E-state index in [0.717, 1.165) is 26.2 Å². The summed E-state index contributed by atoms with van der Waals surface area (Å²) in [6, 6.07) is 5.40. The summed E-state index contributed by atoms with van der Waals surface area (Å²) in [5.74, 6) is -1.06. The Morgan fingerprint density at radius 1 is 1.37 bits per heavy atom. The highest BCUT2D eigenvalue weighted by molar-refractivity contribution is 5.78. The maximum atomic E-state index is 11.8. The largest absolute Gasteiger partial charge is 0.548 e. The number of rotatable bonds is 4. The summed E-state index contributed by atoms with van der Waals surface area (Å²) in [6.07, 6.45) is 2.09. The van der Waals surface area contributed by atoms with E-state index in [1.165, 1.54) is 0 Å². The number of piperazine rings is 1. The van der Waals surface area contributed by atoms with Crippen LogP contribution in [0.1, 0.15) is 19.0 Å². The number of carboxylic acids is 1. The molecule has 5 heteroatoms. The molecule has 1 fully saturated rings. The number of carbonyl (C=O) groups excluding carboxylic acids is 1. The molecule has 0 amide bonds. The summed E-state index contributed by atoms with van der Waals surface area (Å²) in [6.45, 7) is 5.04. The second kappa shape index (κ2) is 5.67. The second-order valence-corrected chi connectivity index (χ2v) is 5.01. The summed E-state index contributed by atoms with van der Waals surface area (Å²) < 4.78 is 0. The lowest BCUT2D eigenvalue weighted by Crippen LogP contribution is -2.62. The fourth-order valence-corrected chi connectivity index (χ4v) is 2.74. The number of aromatic nitrogens is 1. The maximum Gasteiger partial charge on any atom is 0.103 e. The molecule has 0 spiro atoms. The molecular formula is C14H20N3O2-. The fourth-order valence-electron chi connectivity index (χ4n) is 2.74. The number of likely N-dealkylation sites (N-methyl/N-ethyl adjacent to an activating group) is 1. The Morgan fingerprint density at radius 2 is 2.05 bits per heavy atom. The number of aliphatic carboxylic acids is 1. The summed E-state index contributed by atoms with van der Waals surface area (Å²) in [7, 11) is 2.05. The monoisotopic (exact) mass is 262 g/mol. The van der Waals surface area contributed by atoms with Gasteiger partial charge in [-0.05, 0) is 25.6 Å². The zero-order chi connectivity index (χ0) is 13.9. The van der Waals surface area contributed by atoms with E-state index in [-0.39, 0.29) is 0 Å². The summed E-state index contributed by atoms with van der Waals surface area (Å²) >= 11 is 0. The first-order valence-electron chi connectivity index (χ1n) is 6.68. The average Bonchev–Trinajstić information content (AvgIpc) is 2.43. The molecule has 1 aromatic heterocycles. The number of carbonyl (C=O) groups is 1. The van der Waals surface area contributed by atoms with E-state index >= 15 is 0 Å². The van der Waals surface area contributed by atoms with E-state index < -0.39 is 11.5 Å². The molecule has 104 valence electrons. The van der Waals surface area contributed by atoms with Crippen LogP contribution in [0, 0.1) is 0 Å². The fraction of sp³-hybridized carbons (Fsp3) is 0.571. The molecule has 1 unspecified atom stereocenters. The zero-order valence-electron chi connectivity index (χ0n) is 11.5. The highest BCUT2D eigenvalue weighted by atomic mass is 16.4.